The molecule has 1 aromatic heterocycles. The first-order valence-electron chi connectivity index (χ1n) is 6.28. The zero-order valence-electron chi connectivity index (χ0n) is 11.7. The number of Topliss-reactive ketones (excluding diaryl/α,β-unsaturated/α-hetero) is 2. The maximum Gasteiger partial charge on any atom is 0.174 e. The highest BCUT2D eigenvalue weighted by molar-refractivity contribution is 6.13. The van der Waals surface area contributed by atoms with Gasteiger partial charge >= 0.3 is 0 Å². The van der Waals surface area contributed by atoms with Gasteiger partial charge in [-0.15, -0.1) is 0 Å². The van der Waals surface area contributed by atoms with Gasteiger partial charge in [-0.2, -0.15) is 0 Å². The normalized spacial score (nSPS) is 10.3. The maximum absolute atomic E-state index is 12.1. The number of aryl methyl sites for hydroxylation is 2. The van der Waals surface area contributed by atoms with Gasteiger partial charge in [0.25, 0.3) is 0 Å². The van der Waals surface area contributed by atoms with Crippen LogP contribution in [0.4, 0.5) is 0 Å². The molecular formula is C16H16O4. The third kappa shape index (κ3) is 2.96. The molecule has 0 atom stereocenters. The van der Waals surface area contributed by atoms with Crippen molar-refractivity contribution in [2.24, 2.45) is 0 Å². The number of hydrogen-bond donors (Lipinski definition) is 0. The molecule has 0 fully saturated rings. The lowest BCUT2D eigenvalue weighted by Crippen LogP contribution is -2.09. The number of furan rings is 1. The summed E-state index contributed by atoms with van der Waals surface area (Å²) in [5.74, 6) is 1.35. The van der Waals surface area contributed by atoms with E-state index in [4.69, 9.17) is 9.15 Å². The van der Waals surface area contributed by atoms with Crippen LogP contribution in [0.1, 0.15) is 38.7 Å². The molecule has 0 spiro atoms. The number of carbonyl (C=O) groups excluding carboxylic acids is 2. The molecule has 0 bridgehead atoms. The first-order chi connectivity index (χ1) is 9.51. The first-order valence-corrected chi connectivity index (χ1v) is 6.28. The average Bonchev–Trinajstić information content (AvgIpc) is 2.77. The topological polar surface area (TPSA) is 56.5 Å². The Balaban J connectivity index is 2.15. The zero-order valence-corrected chi connectivity index (χ0v) is 11.7. The second kappa shape index (κ2) is 5.74. The molecule has 0 aliphatic heterocycles. The van der Waals surface area contributed by atoms with Crippen LogP contribution in [-0.2, 0) is 0 Å². The Labute approximate surface area is 117 Å². The van der Waals surface area contributed by atoms with Crippen LogP contribution < -0.4 is 4.74 Å². The van der Waals surface area contributed by atoms with Gasteiger partial charge < -0.3 is 9.15 Å². The molecule has 2 aromatic rings. The highest BCUT2D eigenvalue weighted by Gasteiger charge is 2.18. The number of methoxy groups -OCH3 is 1. The summed E-state index contributed by atoms with van der Waals surface area (Å²) < 4.78 is 10.4. The van der Waals surface area contributed by atoms with Crippen molar-refractivity contribution in [2.45, 2.75) is 20.3 Å². The third-order valence-electron chi connectivity index (χ3n) is 3.05. The van der Waals surface area contributed by atoms with E-state index in [0.717, 1.165) is 0 Å². The predicted octanol–water partition coefficient (Wildman–Crippen LogP) is 3.36. The van der Waals surface area contributed by atoms with Crippen LogP contribution in [0.5, 0.6) is 5.75 Å². The van der Waals surface area contributed by atoms with E-state index >= 15 is 0 Å². The van der Waals surface area contributed by atoms with Crippen LogP contribution in [0.15, 0.2) is 34.7 Å². The molecule has 1 aromatic carbocycles. The van der Waals surface area contributed by atoms with E-state index in [0.29, 0.717) is 28.4 Å². The molecule has 0 N–H and O–H groups in total. The van der Waals surface area contributed by atoms with Crippen molar-refractivity contribution in [3.63, 3.8) is 0 Å². The van der Waals surface area contributed by atoms with Crippen molar-refractivity contribution in [2.75, 3.05) is 7.11 Å². The van der Waals surface area contributed by atoms with Crippen molar-refractivity contribution in [3.8, 4) is 5.75 Å². The highest BCUT2D eigenvalue weighted by atomic mass is 16.5. The highest BCUT2D eigenvalue weighted by Crippen LogP contribution is 2.18. The molecular weight excluding hydrogens is 256 g/mol. The molecule has 0 saturated carbocycles. The summed E-state index contributed by atoms with van der Waals surface area (Å²) >= 11 is 0. The fourth-order valence-electron chi connectivity index (χ4n) is 2.05. The van der Waals surface area contributed by atoms with E-state index in [1.54, 1.807) is 44.2 Å². The Morgan fingerprint density at radius 3 is 2.50 bits per heavy atom. The number of ketones is 2. The lowest BCUT2D eigenvalue weighted by molar-refractivity contribution is 0.0893. The third-order valence-corrected chi connectivity index (χ3v) is 3.05. The Hall–Kier alpha value is -2.36. The Morgan fingerprint density at radius 2 is 1.90 bits per heavy atom. The smallest absolute Gasteiger partial charge is 0.174 e. The van der Waals surface area contributed by atoms with Crippen molar-refractivity contribution >= 4 is 11.6 Å². The molecule has 104 valence electrons. The molecule has 0 amide bonds. The SMILES string of the molecule is COc1cccc(C(=O)CC(=O)c2cc(C)oc2C)c1. The minimum absolute atomic E-state index is 0.174. The van der Waals surface area contributed by atoms with Crippen LogP contribution in [0.3, 0.4) is 0 Å². The van der Waals surface area contributed by atoms with Crippen LogP contribution in [0, 0.1) is 13.8 Å². The second-order valence-electron chi connectivity index (χ2n) is 4.58. The number of rotatable bonds is 5. The maximum atomic E-state index is 12.1. The largest absolute Gasteiger partial charge is 0.497 e. The quantitative estimate of drug-likeness (QED) is 0.618. The average molecular weight is 272 g/mol. The van der Waals surface area contributed by atoms with Crippen molar-refractivity contribution in [1.29, 1.82) is 0 Å². The van der Waals surface area contributed by atoms with Crippen LogP contribution in [-0.4, -0.2) is 18.7 Å². The molecule has 0 aliphatic rings. The van der Waals surface area contributed by atoms with Gasteiger partial charge in [-0.05, 0) is 32.0 Å². The summed E-state index contributed by atoms with van der Waals surface area (Å²) in [4.78, 5) is 24.2. The lowest BCUT2D eigenvalue weighted by atomic mass is 10.0. The minimum Gasteiger partial charge on any atom is -0.497 e. The van der Waals surface area contributed by atoms with Crippen molar-refractivity contribution in [1.82, 2.24) is 0 Å². The molecule has 0 saturated heterocycles. The first kappa shape index (κ1) is 14.1. The molecule has 0 radical (unpaired) electrons. The molecule has 4 nitrogen and oxygen atoms in total. The Morgan fingerprint density at radius 1 is 1.15 bits per heavy atom. The Kier molecular flexibility index (Phi) is 4.03. The van der Waals surface area contributed by atoms with Gasteiger partial charge in [0.15, 0.2) is 11.6 Å². The van der Waals surface area contributed by atoms with E-state index in [1.807, 2.05) is 0 Å². The van der Waals surface area contributed by atoms with Gasteiger partial charge in [0, 0.05) is 5.56 Å². The standard InChI is InChI=1S/C16H16O4/c1-10-7-14(11(2)20-10)16(18)9-15(17)12-5-4-6-13(8-12)19-3/h4-8H,9H2,1-3H3. The predicted molar refractivity (Wildman–Crippen MR) is 74.5 cm³/mol. The molecule has 0 unspecified atom stereocenters. The van der Waals surface area contributed by atoms with Gasteiger partial charge in [0.2, 0.25) is 0 Å². The number of benzene rings is 1. The summed E-state index contributed by atoms with van der Waals surface area (Å²) in [7, 11) is 1.53. The van der Waals surface area contributed by atoms with Crippen LogP contribution in [0.2, 0.25) is 0 Å². The second-order valence-corrected chi connectivity index (χ2v) is 4.58. The van der Waals surface area contributed by atoms with Gasteiger partial charge in [-0.25, -0.2) is 0 Å². The van der Waals surface area contributed by atoms with Crippen molar-refractivity contribution in [3.05, 3.63) is 53.0 Å². The number of carbonyl (C=O) groups is 2. The summed E-state index contributed by atoms with van der Waals surface area (Å²) in [6.45, 7) is 3.49. The molecule has 1 heterocycles. The van der Waals surface area contributed by atoms with E-state index in [-0.39, 0.29) is 18.0 Å². The Bertz CT molecular complexity index is 652. The van der Waals surface area contributed by atoms with Gasteiger partial charge in [0.05, 0.1) is 19.1 Å². The zero-order chi connectivity index (χ0) is 14.7. The molecule has 20 heavy (non-hydrogen) atoms. The van der Waals surface area contributed by atoms with Gasteiger partial charge in [0.1, 0.15) is 17.3 Å². The monoisotopic (exact) mass is 272 g/mol. The summed E-state index contributed by atoms with van der Waals surface area (Å²) in [5.41, 5.74) is 0.939. The molecule has 4 heteroatoms. The minimum atomic E-state index is -0.229. The van der Waals surface area contributed by atoms with E-state index in [9.17, 15) is 9.59 Å². The van der Waals surface area contributed by atoms with E-state index in [2.05, 4.69) is 0 Å². The van der Waals surface area contributed by atoms with Crippen molar-refractivity contribution < 1.29 is 18.7 Å². The van der Waals surface area contributed by atoms with Gasteiger partial charge in [-0.1, -0.05) is 12.1 Å². The van der Waals surface area contributed by atoms with Crippen LogP contribution in [0.25, 0.3) is 0 Å². The van der Waals surface area contributed by atoms with Crippen LogP contribution >= 0.6 is 0 Å². The van der Waals surface area contributed by atoms with Gasteiger partial charge in [-0.3, -0.25) is 9.59 Å². The summed E-state index contributed by atoms with van der Waals surface area (Å²) in [6, 6.07) is 8.44. The van der Waals surface area contributed by atoms with E-state index in [1.165, 1.54) is 7.11 Å². The lowest BCUT2D eigenvalue weighted by Gasteiger charge is -2.03. The number of ether oxygens (including phenoxy) is 1. The fourth-order valence-corrected chi connectivity index (χ4v) is 2.05. The van der Waals surface area contributed by atoms with E-state index < -0.39 is 0 Å². The fraction of sp³-hybridized carbons (Fsp3) is 0.250. The molecule has 0 aliphatic carbocycles. The summed E-state index contributed by atoms with van der Waals surface area (Å²) in [5, 5.41) is 0. The summed E-state index contributed by atoms with van der Waals surface area (Å²) in [6.07, 6.45) is -0.174. The number of hydrogen-bond acceptors (Lipinski definition) is 4. The molecule has 2 rings (SSSR count).